The average Bonchev–Trinajstić information content (AvgIpc) is 3.20. The van der Waals surface area contributed by atoms with Crippen molar-refractivity contribution in [2.45, 2.75) is 78.5 Å². The van der Waals surface area contributed by atoms with E-state index in [4.69, 9.17) is 9.72 Å². The van der Waals surface area contributed by atoms with E-state index < -0.39 is 5.60 Å². The molecule has 190 valence electrons. The van der Waals surface area contributed by atoms with Crippen LogP contribution in [0.5, 0.6) is 0 Å². The molecular weight excluding hydrogens is 456 g/mol. The molecule has 0 spiro atoms. The minimum Gasteiger partial charge on any atom is -0.444 e. The fourth-order valence-corrected chi connectivity index (χ4v) is 4.51. The lowest BCUT2D eigenvalue weighted by Crippen LogP contribution is -2.59. The van der Waals surface area contributed by atoms with Crippen molar-refractivity contribution in [3.8, 4) is 12.0 Å². The van der Waals surface area contributed by atoms with Gasteiger partial charge in [-0.1, -0.05) is 20.8 Å². The molecule has 0 aromatic carbocycles. The Morgan fingerprint density at radius 1 is 1.08 bits per heavy atom. The average molecular weight is 491 g/mol. The molecule has 1 aliphatic rings. The molecule has 3 aromatic heterocycles. The summed E-state index contributed by atoms with van der Waals surface area (Å²) in [7, 11) is 0. The zero-order chi connectivity index (χ0) is 26.4. The lowest BCUT2D eigenvalue weighted by molar-refractivity contribution is 0.0130. The smallest absolute Gasteiger partial charge is 0.410 e. The van der Waals surface area contributed by atoms with Gasteiger partial charge < -0.3 is 14.5 Å². The van der Waals surface area contributed by atoms with Crippen LogP contribution in [0.15, 0.2) is 24.8 Å². The summed E-state index contributed by atoms with van der Waals surface area (Å²) >= 11 is 0. The van der Waals surface area contributed by atoms with E-state index in [-0.39, 0.29) is 29.3 Å². The van der Waals surface area contributed by atoms with Crippen molar-refractivity contribution in [3.05, 3.63) is 36.0 Å². The summed E-state index contributed by atoms with van der Waals surface area (Å²) in [6.45, 7) is 17.3. The number of hydrogen-bond donors (Lipinski definition) is 0. The number of fused-ring (bicyclic) bond motifs is 1. The van der Waals surface area contributed by atoms with Crippen molar-refractivity contribution < 1.29 is 9.53 Å². The van der Waals surface area contributed by atoms with Crippen LogP contribution in [0.1, 0.15) is 66.6 Å². The van der Waals surface area contributed by atoms with Crippen molar-refractivity contribution in [1.82, 2.24) is 29.4 Å². The third kappa shape index (κ3) is 4.83. The number of carbonyl (C=O) groups is 1. The van der Waals surface area contributed by atoms with E-state index in [0.717, 1.165) is 16.8 Å². The summed E-state index contributed by atoms with van der Waals surface area (Å²) in [5.74, 6) is 1.19. The number of nitriles is 1. The molecule has 10 nitrogen and oxygen atoms in total. The van der Waals surface area contributed by atoms with Crippen LogP contribution in [0.2, 0.25) is 0 Å². The summed E-state index contributed by atoms with van der Waals surface area (Å²) in [4.78, 5) is 35.0. The first-order chi connectivity index (χ1) is 16.8. The van der Waals surface area contributed by atoms with Gasteiger partial charge >= 0.3 is 6.09 Å². The highest BCUT2D eigenvalue weighted by Gasteiger charge is 2.37. The molecule has 1 saturated heterocycles. The molecule has 1 amide bonds. The number of ether oxygens (including phenoxy) is 1. The van der Waals surface area contributed by atoms with Crippen molar-refractivity contribution in [2.24, 2.45) is 0 Å². The van der Waals surface area contributed by atoms with Gasteiger partial charge in [-0.2, -0.15) is 5.26 Å². The third-order valence-corrected chi connectivity index (χ3v) is 6.23. The molecule has 2 atom stereocenters. The van der Waals surface area contributed by atoms with Crippen molar-refractivity contribution in [1.29, 1.82) is 5.26 Å². The quantitative estimate of drug-likeness (QED) is 0.525. The first-order valence-corrected chi connectivity index (χ1v) is 12.2. The molecule has 0 aliphatic carbocycles. The Morgan fingerprint density at radius 2 is 1.81 bits per heavy atom. The number of aromatic nitrogens is 5. The van der Waals surface area contributed by atoms with Crippen LogP contribution in [0.4, 0.5) is 10.6 Å². The molecule has 1 fully saturated rings. The summed E-state index contributed by atoms with van der Waals surface area (Å²) < 4.78 is 7.47. The number of carbonyl (C=O) groups excluding carboxylic acids is 1. The topological polar surface area (TPSA) is 113 Å². The van der Waals surface area contributed by atoms with E-state index in [0.29, 0.717) is 24.7 Å². The van der Waals surface area contributed by atoms with Crippen LogP contribution in [0, 0.1) is 11.3 Å². The standard InChI is InChI=1S/C26H34N8O2/c1-16-13-33(24(35)36-26(6,7)8)17(2)12-32(16)21-20-19(25(3,4)5)14-34(22(20)30-15-29-21)23-28-10-9-18(11-27)31-23/h9-10,14-17H,12-13H2,1-8H3/t16-,17+/m0/s1. The van der Waals surface area contributed by atoms with Gasteiger partial charge in [-0.3, -0.25) is 4.57 Å². The Bertz CT molecular complexity index is 1330. The maximum Gasteiger partial charge on any atom is 0.410 e. The van der Waals surface area contributed by atoms with E-state index in [9.17, 15) is 10.1 Å². The normalized spacial score (nSPS) is 18.9. The van der Waals surface area contributed by atoms with Gasteiger partial charge in [0.2, 0.25) is 5.95 Å². The predicted octanol–water partition coefficient (Wildman–Crippen LogP) is 4.21. The Hall–Kier alpha value is -3.74. The molecule has 1 aliphatic heterocycles. The second-order valence-corrected chi connectivity index (χ2v) is 11.4. The summed E-state index contributed by atoms with van der Waals surface area (Å²) in [5, 5.41) is 10.2. The van der Waals surface area contributed by atoms with Gasteiger partial charge in [0.1, 0.15) is 29.5 Å². The van der Waals surface area contributed by atoms with Crippen LogP contribution in [0.3, 0.4) is 0 Å². The highest BCUT2D eigenvalue weighted by molar-refractivity contribution is 5.93. The van der Waals surface area contributed by atoms with Crippen LogP contribution >= 0.6 is 0 Å². The molecule has 0 unspecified atom stereocenters. The second kappa shape index (κ2) is 9.04. The SMILES string of the molecule is C[C@@H]1CN(c2ncnc3c2c(C(C)(C)C)cn3-c2nccc(C#N)n2)[C@@H](C)CN1C(=O)OC(C)(C)C. The lowest BCUT2D eigenvalue weighted by Gasteiger charge is -2.45. The maximum absolute atomic E-state index is 12.8. The fourth-order valence-electron chi connectivity index (χ4n) is 4.51. The van der Waals surface area contributed by atoms with Crippen LogP contribution in [-0.2, 0) is 10.2 Å². The van der Waals surface area contributed by atoms with Crippen LogP contribution < -0.4 is 4.90 Å². The van der Waals surface area contributed by atoms with Gasteiger partial charge in [-0.15, -0.1) is 0 Å². The Kier molecular flexibility index (Phi) is 6.37. The maximum atomic E-state index is 12.8. The van der Waals surface area contributed by atoms with Crippen molar-refractivity contribution in [3.63, 3.8) is 0 Å². The van der Waals surface area contributed by atoms with E-state index in [1.54, 1.807) is 23.5 Å². The number of piperazine rings is 1. The number of nitrogens with zero attached hydrogens (tertiary/aromatic N) is 8. The lowest BCUT2D eigenvalue weighted by atomic mass is 9.87. The van der Waals surface area contributed by atoms with Gasteiger partial charge in [-0.25, -0.2) is 24.7 Å². The van der Waals surface area contributed by atoms with Gasteiger partial charge in [0.25, 0.3) is 0 Å². The van der Waals surface area contributed by atoms with Gasteiger partial charge in [-0.05, 0) is 51.7 Å². The Labute approximate surface area is 211 Å². The minimum absolute atomic E-state index is 0.00107. The Balaban J connectivity index is 1.79. The molecular formula is C26H34N8O2. The number of anilines is 1. The first kappa shape index (κ1) is 25.4. The van der Waals surface area contributed by atoms with Gasteiger partial charge in [0.05, 0.1) is 5.39 Å². The molecule has 0 N–H and O–H groups in total. The second-order valence-electron chi connectivity index (χ2n) is 11.4. The third-order valence-electron chi connectivity index (χ3n) is 6.23. The van der Waals surface area contributed by atoms with Crippen molar-refractivity contribution >= 4 is 22.9 Å². The van der Waals surface area contributed by atoms with E-state index >= 15 is 0 Å². The zero-order valence-corrected chi connectivity index (χ0v) is 22.3. The van der Waals surface area contributed by atoms with E-state index in [1.165, 1.54) is 0 Å². The van der Waals surface area contributed by atoms with Crippen LogP contribution in [0.25, 0.3) is 17.0 Å². The fraction of sp³-hybridized carbons (Fsp3) is 0.538. The van der Waals surface area contributed by atoms with Gasteiger partial charge in [0, 0.05) is 37.6 Å². The zero-order valence-electron chi connectivity index (χ0n) is 22.3. The molecule has 0 radical (unpaired) electrons. The summed E-state index contributed by atoms with van der Waals surface area (Å²) in [6.07, 6.45) is 4.81. The van der Waals surface area contributed by atoms with E-state index in [1.807, 2.05) is 38.5 Å². The van der Waals surface area contributed by atoms with Crippen LogP contribution in [-0.4, -0.2) is 66.3 Å². The molecule has 0 bridgehead atoms. The highest BCUT2D eigenvalue weighted by atomic mass is 16.6. The number of rotatable bonds is 2. The monoisotopic (exact) mass is 490 g/mol. The molecule has 3 aromatic rings. The van der Waals surface area contributed by atoms with Gasteiger partial charge in [0.15, 0.2) is 5.65 Å². The molecule has 36 heavy (non-hydrogen) atoms. The number of hydrogen-bond acceptors (Lipinski definition) is 8. The van der Waals surface area contributed by atoms with E-state index in [2.05, 4.69) is 53.6 Å². The van der Waals surface area contributed by atoms with Crippen molar-refractivity contribution in [2.75, 3.05) is 18.0 Å². The largest absolute Gasteiger partial charge is 0.444 e. The summed E-state index contributed by atoms with van der Waals surface area (Å²) in [5.41, 5.74) is 1.24. The summed E-state index contributed by atoms with van der Waals surface area (Å²) in [6, 6.07) is 3.58. The molecule has 4 rings (SSSR count). The molecule has 4 heterocycles. The number of amides is 1. The molecule has 10 heteroatoms. The molecule has 0 saturated carbocycles. The minimum atomic E-state index is -0.550. The Morgan fingerprint density at radius 3 is 2.44 bits per heavy atom. The highest BCUT2D eigenvalue weighted by Crippen LogP contribution is 2.38. The predicted molar refractivity (Wildman–Crippen MR) is 137 cm³/mol. The first-order valence-electron chi connectivity index (χ1n) is 12.2.